The van der Waals surface area contributed by atoms with Crippen molar-refractivity contribution in [2.75, 3.05) is 5.32 Å². The Kier molecular flexibility index (Phi) is 4.78. The Bertz CT molecular complexity index is 918. The van der Waals surface area contributed by atoms with Gasteiger partial charge in [0.1, 0.15) is 11.3 Å². The van der Waals surface area contributed by atoms with Crippen molar-refractivity contribution in [1.82, 2.24) is 9.38 Å². The summed E-state index contributed by atoms with van der Waals surface area (Å²) >= 11 is 12.2. The second kappa shape index (κ2) is 6.83. The van der Waals surface area contributed by atoms with E-state index in [1.165, 1.54) is 0 Å². The van der Waals surface area contributed by atoms with E-state index in [0.717, 1.165) is 24.1 Å². The van der Waals surface area contributed by atoms with Gasteiger partial charge in [0, 0.05) is 16.9 Å². The highest BCUT2D eigenvalue weighted by atomic mass is 35.5. The van der Waals surface area contributed by atoms with Gasteiger partial charge < -0.3 is 5.32 Å². The predicted octanol–water partition coefficient (Wildman–Crippen LogP) is 5.15. The Balaban J connectivity index is 2.02. The van der Waals surface area contributed by atoms with E-state index in [9.17, 15) is 4.79 Å². The first-order chi connectivity index (χ1) is 11.5. The van der Waals surface area contributed by atoms with Gasteiger partial charge >= 0.3 is 0 Å². The van der Waals surface area contributed by atoms with E-state index in [4.69, 9.17) is 23.2 Å². The lowest BCUT2D eigenvalue weighted by molar-refractivity contribution is 0.102. The molecule has 0 saturated heterocycles. The van der Waals surface area contributed by atoms with Gasteiger partial charge in [0.15, 0.2) is 0 Å². The van der Waals surface area contributed by atoms with Crippen molar-refractivity contribution < 1.29 is 4.79 Å². The number of anilines is 1. The topological polar surface area (TPSA) is 46.4 Å². The highest BCUT2D eigenvalue weighted by Gasteiger charge is 2.19. The first-order valence-electron chi connectivity index (χ1n) is 7.73. The molecule has 3 rings (SSSR count). The molecule has 24 heavy (non-hydrogen) atoms. The third kappa shape index (κ3) is 3.25. The van der Waals surface area contributed by atoms with E-state index in [2.05, 4.69) is 17.2 Å². The van der Waals surface area contributed by atoms with Crippen LogP contribution >= 0.6 is 23.2 Å². The number of imidazole rings is 1. The molecule has 1 amide bonds. The number of rotatable bonds is 4. The van der Waals surface area contributed by atoms with E-state index >= 15 is 0 Å². The number of nitrogens with zero attached hydrogens (tertiary/aromatic N) is 2. The van der Waals surface area contributed by atoms with Crippen LogP contribution in [0.4, 0.5) is 5.69 Å². The van der Waals surface area contributed by atoms with Crippen LogP contribution < -0.4 is 5.32 Å². The van der Waals surface area contributed by atoms with Crippen LogP contribution in [0.3, 0.4) is 0 Å². The van der Waals surface area contributed by atoms with Crippen LogP contribution in [0.2, 0.25) is 10.0 Å². The highest BCUT2D eigenvalue weighted by Crippen LogP contribution is 2.22. The molecule has 4 nitrogen and oxygen atoms in total. The van der Waals surface area contributed by atoms with Gasteiger partial charge in [-0.25, -0.2) is 4.98 Å². The van der Waals surface area contributed by atoms with Gasteiger partial charge in [-0.3, -0.25) is 9.20 Å². The molecule has 0 aliphatic heterocycles. The second-order valence-corrected chi connectivity index (χ2v) is 6.49. The molecule has 3 aromatic rings. The van der Waals surface area contributed by atoms with E-state index in [-0.39, 0.29) is 5.91 Å². The SMILES string of the molecule is CCCc1nc2ccc(Cl)cn2c1C(=O)Nc1ccc(C)c(Cl)c1. The zero-order chi connectivity index (χ0) is 17.3. The number of pyridine rings is 1. The van der Waals surface area contributed by atoms with E-state index in [1.807, 2.05) is 19.1 Å². The lowest BCUT2D eigenvalue weighted by Crippen LogP contribution is -2.16. The maximum Gasteiger partial charge on any atom is 0.274 e. The van der Waals surface area contributed by atoms with Crippen LogP contribution in [0.1, 0.15) is 35.1 Å². The van der Waals surface area contributed by atoms with Crippen LogP contribution in [0.5, 0.6) is 0 Å². The Morgan fingerprint density at radius 1 is 1.25 bits per heavy atom. The summed E-state index contributed by atoms with van der Waals surface area (Å²) in [6.45, 7) is 3.97. The molecule has 2 heterocycles. The van der Waals surface area contributed by atoms with Gasteiger partial charge in [0.05, 0.1) is 10.7 Å². The number of amides is 1. The third-order valence-corrected chi connectivity index (χ3v) is 4.42. The minimum Gasteiger partial charge on any atom is -0.321 e. The zero-order valence-electron chi connectivity index (χ0n) is 13.4. The molecule has 0 saturated carbocycles. The summed E-state index contributed by atoms with van der Waals surface area (Å²) in [4.78, 5) is 17.4. The first-order valence-corrected chi connectivity index (χ1v) is 8.49. The van der Waals surface area contributed by atoms with Crippen LogP contribution in [0, 0.1) is 6.92 Å². The van der Waals surface area contributed by atoms with Gasteiger partial charge in [0.2, 0.25) is 0 Å². The lowest BCUT2D eigenvalue weighted by Gasteiger charge is -2.08. The molecule has 0 atom stereocenters. The summed E-state index contributed by atoms with van der Waals surface area (Å²) in [5.41, 5.74) is 3.58. The Hall–Kier alpha value is -2.04. The van der Waals surface area contributed by atoms with Crippen molar-refractivity contribution in [3.8, 4) is 0 Å². The molecule has 0 unspecified atom stereocenters. The van der Waals surface area contributed by atoms with Crippen molar-refractivity contribution in [1.29, 1.82) is 0 Å². The fourth-order valence-electron chi connectivity index (χ4n) is 2.58. The number of aromatic nitrogens is 2. The van der Waals surface area contributed by atoms with Gasteiger partial charge in [-0.15, -0.1) is 0 Å². The quantitative estimate of drug-likeness (QED) is 0.697. The minimum absolute atomic E-state index is 0.229. The van der Waals surface area contributed by atoms with E-state index < -0.39 is 0 Å². The number of benzene rings is 1. The molecule has 6 heteroatoms. The predicted molar refractivity (Wildman–Crippen MR) is 98.3 cm³/mol. The van der Waals surface area contributed by atoms with Crippen molar-refractivity contribution in [2.45, 2.75) is 26.7 Å². The lowest BCUT2D eigenvalue weighted by atomic mass is 10.2. The summed E-state index contributed by atoms with van der Waals surface area (Å²) in [7, 11) is 0. The fraction of sp³-hybridized carbons (Fsp3) is 0.222. The molecule has 1 N–H and O–H groups in total. The molecule has 0 aliphatic carbocycles. The van der Waals surface area contributed by atoms with Gasteiger partial charge in [-0.05, 0) is 43.2 Å². The smallest absolute Gasteiger partial charge is 0.274 e. The molecule has 0 radical (unpaired) electrons. The second-order valence-electron chi connectivity index (χ2n) is 5.65. The number of hydrogen-bond acceptors (Lipinski definition) is 2. The summed E-state index contributed by atoms with van der Waals surface area (Å²) < 4.78 is 1.73. The Morgan fingerprint density at radius 3 is 2.75 bits per heavy atom. The molecule has 0 spiro atoms. The Morgan fingerprint density at radius 2 is 2.04 bits per heavy atom. The minimum atomic E-state index is -0.229. The molecule has 1 aromatic carbocycles. The standard InChI is InChI=1S/C18H17Cl2N3O/c1-3-4-15-17(23-10-12(19)6-8-16(23)22-15)18(24)21-13-7-5-11(2)14(20)9-13/h5-10H,3-4H2,1-2H3,(H,21,24). The van der Waals surface area contributed by atoms with Crippen LogP contribution in [0.15, 0.2) is 36.5 Å². The summed E-state index contributed by atoms with van der Waals surface area (Å²) in [5.74, 6) is -0.229. The fourth-order valence-corrected chi connectivity index (χ4v) is 2.92. The average molecular weight is 362 g/mol. The van der Waals surface area contributed by atoms with E-state index in [1.54, 1.807) is 28.8 Å². The normalized spacial score (nSPS) is 11.0. The molecule has 2 aromatic heterocycles. The number of fused-ring (bicyclic) bond motifs is 1. The molecular formula is C18H17Cl2N3O. The molecule has 0 bridgehead atoms. The number of aryl methyl sites for hydroxylation is 2. The monoisotopic (exact) mass is 361 g/mol. The first kappa shape index (κ1) is 16.8. The molecule has 0 aliphatic rings. The van der Waals surface area contributed by atoms with Gasteiger partial charge in [0.25, 0.3) is 5.91 Å². The van der Waals surface area contributed by atoms with Crippen LogP contribution in [0.25, 0.3) is 5.65 Å². The zero-order valence-corrected chi connectivity index (χ0v) is 14.9. The molecular weight excluding hydrogens is 345 g/mol. The number of nitrogens with one attached hydrogen (secondary N) is 1. The Labute approximate surface area is 150 Å². The number of halogens is 2. The maximum absolute atomic E-state index is 12.8. The molecule has 124 valence electrons. The average Bonchev–Trinajstić information content (AvgIpc) is 2.88. The largest absolute Gasteiger partial charge is 0.321 e. The summed E-state index contributed by atoms with van der Waals surface area (Å²) in [5, 5.41) is 4.06. The summed E-state index contributed by atoms with van der Waals surface area (Å²) in [6, 6.07) is 9.01. The number of hydrogen-bond donors (Lipinski definition) is 1. The van der Waals surface area contributed by atoms with Gasteiger partial charge in [-0.1, -0.05) is 42.6 Å². The molecule has 0 fully saturated rings. The summed E-state index contributed by atoms with van der Waals surface area (Å²) in [6.07, 6.45) is 3.32. The van der Waals surface area contributed by atoms with Crippen LogP contribution in [-0.2, 0) is 6.42 Å². The number of carbonyl (C=O) groups is 1. The van der Waals surface area contributed by atoms with Crippen molar-refractivity contribution in [2.24, 2.45) is 0 Å². The van der Waals surface area contributed by atoms with Gasteiger partial charge in [-0.2, -0.15) is 0 Å². The maximum atomic E-state index is 12.8. The van der Waals surface area contributed by atoms with Crippen molar-refractivity contribution in [3.05, 3.63) is 63.5 Å². The van der Waals surface area contributed by atoms with Crippen molar-refractivity contribution in [3.63, 3.8) is 0 Å². The van der Waals surface area contributed by atoms with E-state index in [0.29, 0.717) is 27.1 Å². The number of carbonyl (C=O) groups excluding carboxylic acids is 1. The third-order valence-electron chi connectivity index (χ3n) is 3.79. The van der Waals surface area contributed by atoms with Crippen molar-refractivity contribution >= 4 is 40.4 Å². The van der Waals surface area contributed by atoms with Crippen LogP contribution in [-0.4, -0.2) is 15.3 Å². The highest BCUT2D eigenvalue weighted by molar-refractivity contribution is 6.31.